The van der Waals surface area contributed by atoms with Crippen LogP contribution in [-0.4, -0.2) is 180 Å². The van der Waals surface area contributed by atoms with E-state index in [1.54, 1.807) is 67.6 Å². The summed E-state index contributed by atoms with van der Waals surface area (Å²) in [6, 6.07) is 9.69. The highest BCUT2D eigenvalue weighted by Crippen LogP contribution is 2.49. The molecule has 5 N–H and O–H groups in total. The number of carbonyl (C=O) groups is 7. The Morgan fingerprint density at radius 1 is 0.673 bits per heavy atom. The van der Waals surface area contributed by atoms with E-state index in [2.05, 4.69) is 26.3 Å². The molecule has 25 heteroatoms. The van der Waals surface area contributed by atoms with Gasteiger partial charge in [0.15, 0.2) is 29.2 Å². The average molecular weight is 1360 g/mol. The lowest BCUT2D eigenvalue weighted by atomic mass is 9.89. The zero-order valence-corrected chi connectivity index (χ0v) is 57.4. The Bertz CT molecular complexity index is 3440. The maximum absolute atomic E-state index is 14.4. The maximum Gasteiger partial charge on any atom is 0.416 e. The molecule has 0 aromatic heterocycles. The van der Waals surface area contributed by atoms with E-state index in [1.165, 1.54) is 70.3 Å². The second-order valence-electron chi connectivity index (χ2n) is 25.7. The van der Waals surface area contributed by atoms with Gasteiger partial charge in [0.05, 0.1) is 115 Å². The standard InChI is InChI=1S/C73H96N8O17/c1-8-12-50-34-55-42-75-58-40-63(61(90-6)38-56(58)70(86)79(55)43-50)96-24-11-25-97-64-41-59-57(39-62(64)91-7)71(87)80-44-51(13-9-2)35-60(80)72(88)81(59)73(89)98-45-49-17-20-54(21-18-49)77-68(84)47(5)76-69(85)67(46(3)4)78-65(82)22-26-92-28-30-94-32-33-95-31-29-93-27-23-74-66(83)36-48-14-10-15-52-37-53(52)19-16-48/h8-9,12-13,17-18,20-21,38-44,46-48,52-53,55,60,67,72,88H,10-11,14-16,19,22-37,45H2,1-7H3,(H,74,83)(H,76,85)(H,77,84)(H,78,82)/b12-8+,13-9+/t47-,48?,52?,53?,55-,60-,67-,72-/m0/s1. The van der Waals surface area contributed by atoms with Crippen LogP contribution >= 0.6 is 0 Å². The number of benzene rings is 3. The summed E-state index contributed by atoms with van der Waals surface area (Å²) >= 11 is 0. The number of allylic oxidation sites excluding steroid dienone is 4. The number of anilines is 2. The number of aliphatic imine (C=N–C) groups is 1. The van der Waals surface area contributed by atoms with Crippen LogP contribution in [0.4, 0.5) is 21.9 Å². The molecule has 3 aromatic carbocycles. The minimum absolute atomic E-state index is 0.000500. The molecule has 7 amide bonds. The predicted octanol–water partition coefficient (Wildman–Crippen LogP) is 8.86. The number of nitrogens with zero attached hydrogens (tertiary/aromatic N) is 4. The lowest BCUT2D eigenvalue weighted by Gasteiger charge is -2.31. The van der Waals surface area contributed by atoms with Gasteiger partial charge in [0, 0.05) is 62.2 Å². The molecular weight excluding hydrogens is 1260 g/mol. The van der Waals surface area contributed by atoms with Gasteiger partial charge in [-0.15, -0.1) is 0 Å². The van der Waals surface area contributed by atoms with Crippen LogP contribution in [-0.2, 0) is 49.5 Å². The normalized spacial score (nSPS) is 20.7. The van der Waals surface area contributed by atoms with Gasteiger partial charge in [0.25, 0.3) is 11.8 Å². The van der Waals surface area contributed by atoms with E-state index in [1.807, 2.05) is 44.4 Å². The average Bonchev–Trinajstić information content (AvgIpc) is 1.58. The molecule has 6 aliphatic rings. The van der Waals surface area contributed by atoms with Crippen LogP contribution in [0.5, 0.6) is 23.0 Å². The van der Waals surface area contributed by atoms with Crippen molar-refractivity contribution >= 4 is 64.8 Å². The van der Waals surface area contributed by atoms with Crippen LogP contribution in [0.2, 0.25) is 0 Å². The third kappa shape index (κ3) is 20.0. The van der Waals surface area contributed by atoms with Crippen molar-refractivity contribution < 1.29 is 81.3 Å². The number of ether oxygens (including phenoxy) is 9. The molecule has 0 bridgehead atoms. The van der Waals surface area contributed by atoms with E-state index >= 15 is 0 Å². The van der Waals surface area contributed by atoms with Crippen molar-refractivity contribution in [2.24, 2.45) is 28.7 Å². The van der Waals surface area contributed by atoms with Crippen LogP contribution in [0, 0.1) is 23.7 Å². The SMILES string of the molecule is C/C=C/C1=CN2C(=O)c3cc(OC)c(OCCCOc4cc5c(cc4OC)C(=O)N4C=C(/C=C/C)C[C@H]4[C@H](O)N5C(=O)OCc4ccc(NC(=O)[C@H](C)NC(=O)[C@@H](NC(=O)CCOCCOCCOCCOCCNC(=O)CC5CCCC6CC6CC5)C(C)C)cc4)cc3N=C[C@@H]2C1. The third-order valence-corrected chi connectivity index (χ3v) is 18.2. The quantitative estimate of drug-likeness (QED) is 0.0344. The number of amides is 7. The van der Waals surface area contributed by atoms with Crippen LogP contribution in [0.1, 0.15) is 132 Å². The fourth-order valence-corrected chi connectivity index (χ4v) is 12.8. The van der Waals surface area contributed by atoms with Crippen LogP contribution in [0.25, 0.3) is 0 Å². The number of carbonyl (C=O) groups excluding carboxylic acids is 7. The fourth-order valence-electron chi connectivity index (χ4n) is 12.8. The summed E-state index contributed by atoms with van der Waals surface area (Å²) in [5.41, 5.74) is 3.61. The first kappa shape index (κ1) is 73.6. The van der Waals surface area contributed by atoms with Gasteiger partial charge in [0.1, 0.15) is 18.7 Å². The summed E-state index contributed by atoms with van der Waals surface area (Å²) < 4.78 is 51.9. The van der Waals surface area contributed by atoms with Crippen molar-refractivity contribution in [2.45, 2.75) is 142 Å². The zero-order valence-electron chi connectivity index (χ0n) is 57.4. The highest BCUT2D eigenvalue weighted by molar-refractivity contribution is 6.07. The van der Waals surface area contributed by atoms with Gasteiger partial charge in [-0.3, -0.25) is 33.8 Å². The monoisotopic (exact) mass is 1360 g/mol. The summed E-state index contributed by atoms with van der Waals surface area (Å²) in [5.74, 6) is 1.13. The minimum Gasteiger partial charge on any atom is -0.493 e. The lowest BCUT2D eigenvalue weighted by molar-refractivity contribution is -0.132. The van der Waals surface area contributed by atoms with Crippen molar-refractivity contribution in [2.75, 3.05) is 97.0 Å². The highest BCUT2D eigenvalue weighted by Gasteiger charge is 2.46. The van der Waals surface area contributed by atoms with Gasteiger partial charge in [-0.1, -0.05) is 63.1 Å². The van der Waals surface area contributed by atoms with Gasteiger partial charge < -0.3 is 78.8 Å². The third-order valence-electron chi connectivity index (χ3n) is 18.2. The number of hydrogen-bond acceptors (Lipinski definition) is 18. The molecule has 0 spiro atoms. The topological polar surface area (TPSA) is 293 Å². The minimum atomic E-state index is -1.57. The summed E-state index contributed by atoms with van der Waals surface area (Å²) in [6.07, 6.45) is 19.7. The molecule has 3 unspecified atom stereocenters. The molecule has 4 heterocycles. The number of aliphatic hydroxyl groups is 1. The summed E-state index contributed by atoms with van der Waals surface area (Å²) in [4.78, 5) is 103. The van der Waals surface area contributed by atoms with E-state index < -0.39 is 54.1 Å². The molecule has 4 aliphatic heterocycles. The molecule has 9 rings (SSSR count). The maximum atomic E-state index is 14.4. The number of rotatable bonds is 35. The van der Waals surface area contributed by atoms with Crippen LogP contribution < -0.4 is 45.1 Å². The number of nitrogens with one attached hydrogen (secondary N) is 4. The Morgan fingerprint density at radius 3 is 1.97 bits per heavy atom. The van der Waals surface area contributed by atoms with Gasteiger partial charge >= 0.3 is 6.09 Å². The van der Waals surface area contributed by atoms with Crippen molar-refractivity contribution in [1.29, 1.82) is 0 Å². The van der Waals surface area contributed by atoms with Crippen molar-refractivity contribution in [1.82, 2.24) is 25.8 Å². The first-order valence-electron chi connectivity index (χ1n) is 34.2. The highest BCUT2D eigenvalue weighted by atomic mass is 16.6. The first-order valence-corrected chi connectivity index (χ1v) is 34.2. The molecule has 2 fully saturated rings. The smallest absolute Gasteiger partial charge is 0.416 e. The molecule has 2 saturated carbocycles. The van der Waals surface area contributed by atoms with Crippen molar-refractivity contribution in [3.63, 3.8) is 0 Å². The fraction of sp³-hybridized carbons (Fsp3) is 0.534. The first-order chi connectivity index (χ1) is 47.5. The molecule has 0 radical (unpaired) electrons. The van der Waals surface area contributed by atoms with Crippen LogP contribution in [0.15, 0.2) is 101 Å². The number of aliphatic hydroxyl groups excluding tert-OH is 1. The number of hydrogen-bond donors (Lipinski definition) is 5. The lowest BCUT2D eigenvalue weighted by Crippen LogP contribution is -2.53. The molecule has 98 heavy (non-hydrogen) atoms. The van der Waals surface area contributed by atoms with Gasteiger partial charge in [-0.2, -0.15) is 0 Å². The molecule has 8 atom stereocenters. The predicted molar refractivity (Wildman–Crippen MR) is 366 cm³/mol. The summed E-state index contributed by atoms with van der Waals surface area (Å²) in [6.45, 7) is 11.9. The van der Waals surface area contributed by atoms with Gasteiger partial charge in [0.2, 0.25) is 23.6 Å². The number of methoxy groups -OCH3 is 2. The van der Waals surface area contributed by atoms with E-state index in [0.29, 0.717) is 105 Å². The summed E-state index contributed by atoms with van der Waals surface area (Å²) in [5, 5.41) is 23.3. The second-order valence-corrected chi connectivity index (χ2v) is 25.7. The second kappa shape index (κ2) is 36.3. The molecular formula is C73H96N8O17. The Kier molecular flexibility index (Phi) is 27.3. The van der Waals surface area contributed by atoms with E-state index in [-0.39, 0.29) is 92.4 Å². The zero-order chi connectivity index (χ0) is 69.7. The number of fused-ring (bicyclic) bond motifs is 5. The van der Waals surface area contributed by atoms with E-state index in [4.69, 9.17) is 42.6 Å². The largest absolute Gasteiger partial charge is 0.493 e. The Hall–Kier alpha value is -8.62. The Labute approximate surface area is 573 Å². The molecule has 3 aromatic rings. The van der Waals surface area contributed by atoms with Gasteiger partial charge in [-0.25, -0.2) is 9.69 Å². The van der Waals surface area contributed by atoms with Crippen LogP contribution in [0.3, 0.4) is 0 Å². The molecule has 25 nitrogen and oxygen atoms in total. The Morgan fingerprint density at radius 2 is 1.30 bits per heavy atom. The molecule has 2 aliphatic carbocycles. The van der Waals surface area contributed by atoms with Crippen molar-refractivity contribution in [3.8, 4) is 23.0 Å². The summed E-state index contributed by atoms with van der Waals surface area (Å²) in [7, 11) is 2.92. The van der Waals surface area contributed by atoms with E-state index in [0.717, 1.165) is 34.3 Å². The van der Waals surface area contributed by atoms with E-state index in [9.17, 15) is 38.7 Å². The Balaban J connectivity index is 0.687. The van der Waals surface area contributed by atoms with Gasteiger partial charge in [-0.05, 0) is 124 Å². The molecule has 530 valence electrons. The molecule has 0 saturated heterocycles. The van der Waals surface area contributed by atoms with Crippen molar-refractivity contribution in [3.05, 3.63) is 113 Å².